The van der Waals surface area contributed by atoms with Crippen LogP contribution in [0, 0.1) is 5.82 Å². The average Bonchev–Trinajstić information content (AvgIpc) is 2.88. The van der Waals surface area contributed by atoms with E-state index in [0.29, 0.717) is 18.0 Å². The van der Waals surface area contributed by atoms with Crippen molar-refractivity contribution in [2.45, 2.75) is 26.4 Å². The Labute approximate surface area is 112 Å². The lowest BCUT2D eigenvalue weighted by Gasteiger charge is -2.24. The van der Waals surface area contributed by atoms with E-state index in [1.807, 2.05) is 31.9 Å². The molecule has 0 atom stereocenters. The fourth-order valence-corrected chi connectivity index (χ4v) is 1.70. The lowest BCUT2D eigenvalue weighted by molar-refractivity contribution is 0.511. The van der Waals surface area contributed by atoms with Crippen molar-refractivity contribution in [2.24, 2.45) is 0 Å². The Morgan fingerprint density at radius 1 is 1.42 bits per heavy atom. The first kappa shape index (κ1) is 13.4. The van der Waals surface area contributed by atoms with Gasteiger partial charge >= 0.3 is 0 Å². The van der Waals surface area contributed by atoms with Crippen LogP contribution in [0.1, 0.15) is 19.6 Å². The van der Waals surface area contributed by atoms with Gasteiger partial charge in [-0.05, 0) is 32.0 Å². The molecule has 0 aliphatic carbocycles. The van der Waals surface area contributed by atoms with Gasteiger partial charge in [0.2, 0.25) is 0 Å². The van der Waals surface area contributed by atoms with Crippen LogP contribution in [0.4, 0.5) is 15.8 Å². The van der Waals surface area contributed by atoms with E-state index in [1.54, 1.807) is 12.3 Å². The van der Waals surface area contributed by atoms with Crippen molar-refractivity contribution >= 4 is 11.4 Å². The molecular formula is C14H18FN3O. The van der Waals surface area contributed by atoms with E-state index in [-0.39, 0.29) is 11.9 Å². The number of hydrogen-bond donors (Lipinski definition) is 1. The van der Waals surface area contributed by atoms with Crippen LogP contribution in [0.2, 0.25) is 0 Å². The van der Waals surface area contributed by atoms with Crippen LogP contribution in [-0.4, -0.2) is 18.1 Å². The zero-order valence-electron chi connectivity index (χ0n) is 11.4. The third-order valence-corrected chi connectivity index (χ3v) is 3.05. The molecule has 1 N–H and O–H groups in total. The second-order valence-corrected chi connectivity index (χ2v) is 4.69. The molecule has 0 amide bonds. The molecular weight excluding hydrogens is 245 g/mol. The Hall–Kier alpha value is -2.04. The zero-order valence-corrected chi connectivity index (χ0v) is 11.4. The van der Waals surface area contributed by atoms with Gasteiger partial charge < -0.3 is 14.6 Å². The Morgan fingerprint density at radius 3 is 2.79 bits per heavy atom. The van der Waals surface area contributed by atoms with Crippen molar-refractivity contribution < 1.29 is 8.81 Å². The van der Waals surface area contributed by atoms with Crippen molar-refractivity contribution in [3.63, 3.8) is 0 Å². The van der Waals surface area contributed by atoms with Gasteiger partial charge in [-0.1, -0.05) is 0 Å². The number of nitrogens with one attached hydrogen (secondary N) is 1. The van der Waals surface area contributed by atoms with Crippen molar-refractivity contribution in [3.8, 4) is 0 Å². The summed E-state index contributed by atoms with van der Waals surface area (Å²) in [6.45, 7) is 4.53. The standard InChI is InChI=1S/C14H18FN3O/c1-10(2)18(3)14-5-4-11(6-13(14)15)17-8-12-7-16-9-19-12/h4-7,9-10,17H,8H2,1-3H3. The molecule has 0 spiro atoms. The number of hydrogen-bond acceptors (Lipinski definition) is 4. The van der Waals surface area contributed by atoms with Crippen molar-refractivity contribution in [1.82, 2.24) is 4.98 Å². The number of halogens is 1. The van der Waals surface area contributed by atoms with E-state index in [4.69, 9.17) is 4.42 Å². The molecule has 4 nitrogen and oxygen atoms in total. The average molecular weight is 263 g/mol. The lowest BCUT2D eigenvalue weighted by Crippen LogP contribution is -2.26. The number of nitrogens with zero attached hydrogens (tertiary/aromatic N) is 2. The van der Waals surface area contributed by atoms with Crippen LogP contribution in [-0.2, 0) is 6.54 Å². The summed E-state index contributed by atoms with van der Waals surface area (Å²) in [5.41, 5.74) is 1.31. The number of aromatic nitrogens is 1. The van der Waals surface area contributed by atoms with Crippen LogP contribution in [0.5, 0.6) is 0 Å². The smallest absolute Gasteiger partial charge is 0.180 e. The Balaban J connectivity index is 2.06. The highest BCUT2D eigenvalue weighted by atomic mass is 19.1. The molecule has 0 bridgehead atoms. The molecule has 0 unspecified atom stereocenters. The van der Waals surface area contributed by atoms with Gasteiger partial charge in [-0.25, -0.2) is 9.37 Å². The van der Waals surface area contributed by atoms with Gasteiger partial charge in [0.05, 0.1) is 18.4 Å². The van der Waals surface area contributed by atoms with Crippen molar-refractivity contribution in [3.05, 3.63) is 42.4 Å². The third kappa shape index (κ3) is 3.24. The first-order chi connectivity index (χ1) is 9.08. The monoisotopic (exact) mass is 263 g/mol. The lowest BCUT2D eigenvalue weighted by atomic mass is 10.2. The molecule has 19 heavy (non-hydrogen) atoms. The van der Waals surface area contributed by atoms with Gasteiger partial charge in [0, 0.05) is 18.8 Å². The van der Waals surface area contributed by atoms with E-state index in [2.05, 4.69) is 10.3 Å². The normalized spacial score (nSPS) is 10.8. The first-order valence-electron chi connectivity index (χ1n) is 6.21. The Morgan fingerprint density at radius 2 is 2.21 bits per heavy atom. The fourth-order valence-electron chi connectivity index (χ4n) is 1.70. The van der Waals surface area contributed by atoms with E-state index >= 15 is 0 Å². The molecule has 102 valence electrons. The molecule has 1 heterocycles. The van der Waals surface area contributed by atoms with Gasteiger partial charge in [-0.15, -0.1) is 0 Å². The molecule has 5 heteroatoms. The van der Waals surface area contributed by atoms with Crippen molar-refractivity contribution in [2.75, 3.05) is 17.3 Å². The van der Waals surface area contributed by atoms with Crippen LogP contribution in [0.25, 0.3) is 0 Å². The summed E-state index contributed by atoms with van der Waals surface area (Å²) >= 11 is 0. The highest BCUT2D eigenvalue weighted by Gasteiger charge is 2.11. The minimum absolute atomic E-state index is 0.237. The topological polar surface area (TPSA) is 41.3 Å². The third-order valence-electron chi connectivity index (χ3n) is 3.05. The number of anilines is 2. The highest BCUT2D eigenvalue weighted by Crippen LogP contribution is 2.23. The second kappa shape index (κ2) is 5.73. The predicted molar refractivity (Wildman–Crippen MR) is 73.8 cm³/mol. The van der Waals surface area contributed by atoms with Crippen LogP contribution < -0.4 is 10.2 Å². The molecule has 2 rings (SSSR count). The van der Waals surface area contributed by atoms with E-state index in [0.717, 1.165) is 5.69 Å². The van der Waals surface area contributed by atoms with Gasteiger partial charge in [0.25, 0.3) is 0 Å². The quantitative estimate of drug-likeness (QED) is 0.899. The molecule has 1 aromatic heterocycles. The zero-order chi connectivity index (χ0) is 13.8. The van der Waals surface area contributed by atoms with Gasteiger partial charge in [0.1, 0.15) is 11.6 Å². The van der Waals surface area contributed by atoms with Crippen LogP contribution in [0.3, 0.4) is 0 Å². The van der Waals surface area contributed by atoms with Crippen LogP contribution in [0.15, 0.2) is 35.2 Å². The Kier molecular flexibility index (Phi) is 4.04. The fraction of sp³-hybridized carbons (Fsp3) is 0.357. The van der Waals surface area contributed by atoms with Gasteiger partial charge in [0.15, 0.2) is 6.39 Å². The summed E-state index contributed by atoms with van der Waals surface area (Å²) in [5, 5.41) is 3.09. The van der Waals surface area contributed by atoms with Crippen LogP contribution >= 0.6 is 0 Å². The Bertz CT molecular complexity index is 525. The number of oxazole rings is 1. The van der Waals surface area contributed by atoms with Crippen molar-refractivity contribution in [1.29, 1.82) is 0 Å². The summed E-state index contributed by atoms with van der Waals surface area (Å²) in [5.74, 6) is 0.475. The molecule has 0 fully saturated rings. The largest absolute Gasteiger partial charge is 0.447 e. The summed E-state index contributed by atoms with van der Waals surface area (Å²) in [4.78, 5) is 5.72. The second-order valence-electron chi connectivity index (χ2n) is 4.69. The summed E-state index contributed by atoms with van der Waals surface area (Å²) < 4.78 is 19.1. The molecule has 1 aromatic carbocycles. The molecule has 0 radical (unpaired) electrons. The van der Waals surface area contributed by atoms with E-state index in [9.17, 15) is 4.39 Å². The summed E-state index contributed by atoms with van der Waals surface area (Å²) in [6.07, 6.45) is 3.00. The first-order valence-corrected chi connectivity index (χ1v) is 6.21. The SMILES string of the molecule is CC(C)N(C)c1ccc(NCc2cnco2)cc1F. The predicted octanol–water partition coefficient (Wildman–Crippen LogP) is 3.27. The molecule has 0 aliphatic heterocycles. The summed E-state index contributed by atoms with van der Waals surface area (Å²) in [7, 11) is 1.88. The number of rotatable bonds is 5. The van der Waals surface area contributed by atoms with Gasteiger partial charge in [-0.3, -0.25) is 0 Å². The highest BCUT2D eigenvalue weighted by molar-refractivity contribution is 5.56. The number of benzene rings is 1. The van der Waals surface area contributed by atoms with E-state index < -0.39 is 0 Å². The minimum Gasteiger partial charge on any atom is -0.447 e. The molecule has 0 aliphatic rings. The maximum Gasteiger partial charge on any atom is 0.180 e. The molecule has 0 saturated carbocycles. The maximum absolute atomic E-state index is 14.0. The minimum atomic E-state index is -0.237. The molecule has 2 aromatic rings. The van der Waals surface area contributed by atoms with E-state index in [1.165, 1.54) is 12.5 Å². The maximum atomic E-state index is 14.0. The summed E-state index contributed by atoms with van der Waals surface area (Å²) in [6, 6.07) is 5.37. The van der Waals surface area contributed by atoms with Gasteiger partial charge in [-0.2, -0.15) is 0 Å². The molecule has 0 saturated heterocycles.